The summed E-state index contributed by atoms with van der Waals surface area (Å²) in [4.78, 5) is 10.2. The van der Waals surface area contributed by atoms with Crippen molar-refractivity contribution in [3.63, 3.8) is 0 Å². The average Bonchev–Trinajstić information content (AvgIpc) is 3.35. The number of phenols is 1. The molecule has 188 valence electrons. The maximum atomic E-state index is 8.81. The van der Waals surface area contributed by atoms with Gasteiger partial charge in [0, 0.05) is 43.9 Å². The molecule has 1 aliphatic heterocycles. The van der Waals surface area contributed by atoms with Crippen molar-refractivity contribution in [2.45, 2.75) is 57.8 Å². The van der Waals surface area contributed by atoms with Crippen LogP contribution in [0.25, 0.3) is 0 Å². The zero-order valence-corrected chi connectivity index (χ0v) is 21.6. The molecule has 0 amide bonds. The first-order valence-corrected chi connectivity index (χ1v) is 12.3. The smallest absolute Gasteiger partial charge is 0.116 e. The summed E-state index contributed by atoms with van der Waals surface area (Å²) in [5, 5.41) is 27.0. The molecule has 6 nitrogen and oxygen atoms in total. The van der Waals surface area contributed by atoms with E-state index in [0.29, 0.717) is 12.4 Å². The number of carbonyl (C=O) groups is 1. The molecule has 0 bridgehead atoms. The first kappa shape index (κ1) is 33.1. The standard InChI is InChI=1S/C14H22N2S.C6H6O.C3H8O.C2H4O.CH4O/c1-2-3-9-15-13-7-6-8-14(12-13)17-16-10-4-5-11-16;7-6-4-2-1-3-5-6;1-2-3-4;1-2-3;1-2/h6-8,12,15H,2-5,9-11H2,1H3;1-5,7H;4H,2-3H2,1H3;2H,1H3;2H,1H3. The molecule has 4 N–H and O–H groups in total. The molecule has 1 heterocycles. The quantitative estimate of drug-likeness (QED) is 0.233. The predicted octanol–water partition coefficient (Wildman–Crippen LogP) is 5.60. The van der Waals surface area contributed by atoms with Crippen LogP contribution >= 0.6 is 11.9 Å². The van der Waals surface area contributed by atoms with Gasteiger partial charge in [-0.3, -0.25) is 0 Å². The van der Waals surface area contributed by atoms with Gasteiger partial charge in [0.05, 0.1) is 0 Å². The van der Waals surface area contributed by atoms with Gasteiger partial charge in [-0.25, -0.2) is 4.31 Å². The molecule has 33 heavy (non-hydrogen) atoms. The van der Waals surface area contributed by atoms with E-state index in [1.54, 1.807) is 24.3 Å². The second-order valence-electron chi connectivity index (χ2n) is 6.83. The van der Waals surface area contributed by atoms with Crippen molar-refractivity contribution in [1.82, 2.24) is 4.31 Å². The Hall–Kier alpha value is -2.06. The van der Waals surface area contributed by atoms with Crippen LogP contribution in [-0.4, -0.2) is 59.3 Å². The lowest BCUT2D eigenvalue weighted by atomic mass is 10.3. The number of hydrogen-bond donors (Lipinski definition) is 4. The molecule has 0 aromatic heterocycles. The molecular formula is C26H44N2O4S. The number of hydrogen-bond acceptors (Lipinski definition) is 7. The number of rotatable bonds is 7. The highest BCUT2D eigenvalue weighted by Crippen LogP contribution is 2.28. The number of aromatic hydroxyl groups is 1. The van der Waals surface area contributed by atoms with E-state index < -0.39 is 0 Å². The van der Waals surface area contributed by atoms with Gasteiger partial charge in [-0.2, -0.15) is 0 Å². The third kappa shape index (κ3) is 21.5. The molecule has 0 aliphatic carbocycles. The molecule has 7 heteroatoms. The summed E-state index contributed by atoms with van der Waals surface area (Å²) < 4.78 is 2.46. The summed E-state index contributed by atoms with van der Waals surface area (Å²) in [6.07, 6.45) is 6.81. The number of nitrogens with zero attached hydrogens (tertiary/aromatic N) is 1. The number of anilines is 1. The van der Waals surface area contributed by atoms with E-state index in [1.807, 2.05) is 24.9 Å². The van der Waals surface area contributed by atoms with Crippen molar-refractivity contribution in [1.29, 1.82) is 0 Å². The van der Waals surface area contributed by atoms with E-state index in [2.05, 4.69) is 40.8 Å². The highest BCUT2D eigenvalue weighted by molar-refractivity contribution is 7.97. The fraction of sp³-hybridized carbons (Fsp3) is 0.500. The third-order valence-electron chi connectivity index (χ3n) is 3.97. The minimum atomic E-state index is 0.319. The number of benzene rings is 2. The predicted molar refractivity (Wildman–Crippen MR) is 142 cm³/mol. The van der Waals surface area contributed by atoms with Crippen molar-refractivity contribution in [3.8, 4) is 5.75 Å². The maximum absolute atomic E-state index is 8.81. The Morgan fingerprint density at radius 2 is 1.58 bits per heavy atom. The number of aldehydes is 1. The number of aliphatic hydroxyl groups is 2. The number of aliphatic hydroxyl groups excluding tert-OH is 2. The van der Waals surface area contributed by atoms with E-state index in [1.165, 1.54) is 56.3 Å². The first-order valence-electron chi connectivity index (χ1n) is 11.6. The molecule has 0 atom stereocenters. The van der Waals surface area contributed by atoms with Crippen LogP contribution in [0.3, 0.4) is 0 Å². The number of unbranched alkanes of at least 4 members (excludes halogenated alkanes) is 1. The molecule has 3 rings (SSSR count). The van der Waals surface area contributed by atoms with Crippen LogP contribution in [0, 0.1) is 0 Å². The average molecular weight is 481 g/mol. The highest BCUT2D eigenvalue weighted by Gasteiger charge is 2.12. The van der Waals surface area contributed by atoms with Crippen molar-refractivity contribution in [2.75, 3.05) is 38.7 Å². The largest absolute Gasteiger partial charge is 0.508 e. The van der Waals surface area contributed by atoms with Gasteiger partial charge in [0.1, 0.15) is 12.0 Å². The second kappa shape index (κ2) is 26.2. The lowest BCUT2D eigenvalue weighted by molar-refractivity contribution is -0.106. The lowest BCUT2D eigenvalue weighted by Gasteiger charge is -2.14. The van der Waals surface area contributed by atoms with Crippen LogP contribution in [0.1, 0.15) is 52.9 Å². The van der Waals surface area contributed by atoms with Gasteiger partial charge in [-0.05, 0) is 74.9 Å². The Bertz CT molecular complexity index is 652. The van der Waals surface area contributed by atoms with Crippen LogP contribution < -0.4 is 5.32 Å². The third-order valence-corrected chi connectivity index (χ3v) is 5.06. The van der Waals surface area contributed by atoms with Gasteiger partial charge in [-0.1, -0.05) is 44.5 Å². The zero-order chi connectivity index (χ0) is 25.2. The number of nitrogens with one attached hydrogen (secondary N) is 1. The van der Waals surface area contributed by atoms with Crippen LogP contribution in [0.5, 0.6) is 5.75 Å². The maximum Gasteiger partial charge on any atom is 0.116 e. The Morgan fingerprint density at radius 1 is 1.00 bits per heavy atom. The van der Waals surface area contributed by atoms with Gasteiger partial charge in [0.25, 0.3) is 0 Å². The summed E-state index contributed by atoms with van der Waals surface area (Å²) in [6.45, 7) is 9.46. The van der Waals surface area contributed by atoms with Crippen LogP contribution in [0.2, 0.25) is 0 Å². The highest BCUT2D eigenvalue weighted by atomic mass is 32.2. The van der Waals surface area contributed by atoms with Crippen LogP contribution in [-0.2, 0) is 4.79 Å². The van der Waals surface area contributed by atoms with Gasteiger partial charge in [-0.15, -0.1) is 0 Å². The fourth-order valence-corrected chi connectivity index (χ4v) is 3.49. The number of phenolic OH excluding ortho intramolecular Hbond substituents is 1. The first-order chi connectivity index (χ1) is 16.1. The van der Waals surface area contributed by atoms with Gasteiger partial charge in [0.2, 0.25) is 0 Å². The van der Waals surface area contributed by atoms with E-state index >= 15 is 0 Å². The normalized spacial score (nSPS) is 11.7. The SMILES string of the molecule is CC=O.CCCCNc1cccc(SN2CCCC2)c1.CCCO.CO.Oc1ccccc1. The number of carbonyl (C=O) groups excluding carboxylic acids is 1. The topological polar surface area (TPSA) is 93.0 Å². The zero-order valence-electron chi connectivity index (χ0n) is 20.7. The molecular weight excluding hydrogens is 436 g/mol. The minimum absolute atomic E-state index is 0.319. The molecule has 0 saturated carbocycles. The molecule has 2 aromatic carbocycles. The summed E-state index contributed by atoms with van der Waals surface area (Å²) >= 11 is 1.90. The van der Waals surface area contributed by atoms with Crippen LogP contribution in [0.4, 0.5) is 5.69 Å². The summed E-state index contributed by atoms with van der Waals surface area (Å²) in [6, 6.07) is 17.5. The van der Waals surface area contributed by atoms with E-state index in [4.69, 9.17) is 20.1 Å². The lowest BCUT2D eigenvalue weighted by Crippen LogP contribution is -2.08. The summed E-state index contributed by atoms with van der Waals surface area (Å²) in [7, 11) is 1.00. The van der Waals surface area contributed by atoms with Crippen molar-refractivity contribution in [2.24, 2.45) is 0 Å². The van der Waals surface area contributed by atoms with Crippen LogP contribution in [0.15, 0.2) is 59.5 Å². The Kier molecular flexibility index (Phi) is 26.3. The molecule has 2 aromatic rings. The summed E-state index contributed by atoms with van der Waals surface area (Å²) in [5.41, 5.74) is 1.25. The molecule has 1 aliphatic rings. The van der Waals surface area contributed by atoms with Gasteiger partial charge >= 0.3 is 0 Å². The Balaban J connectivity index is 0. The van der Waals surface area contributed by atoms with E-state index in [0.717, 1.165) is 26.4 Å². The van der Waals surface area contributed by atoms with Gasteiger partial charge in [0.15, 0.2) is 0 Å². The van der Waals surface area contributed by atoms with Crippen molar-refractivity contribution >= 4 is 23.9 Å². The molecule has 1 saturated heterocycles. The monoisotopic (exact) mass is 480 g/mol. The molecule has 1 fully saturated rings. The van der Waals surface area contributed by atoms with E-state index in [9.17, 15) is 0 Å². The van der Waals surface area contributed by atoms with Crippen molar-refractivity contribution in [3.05, 3.63) is 54.6 Å². The molecule has 0 spiro atoms. The second-order valence-corrected chi connectivity index (χ2v) is 8.00. The van der Waals surface area contributed by atoms with Gasteiger partial charge < -0.3 is 25.4 Å². The minimum Gasteiger partial charge on any atom is -0.508 e. The Labute approximate surface area is 205 Å². The Morgan fingerprint density at radius 3 is 2.03 bits per heavy atom. The fourth-order valence-electron chi connectivity index (χ4n) is 2.43. The summed E-state index contributed by atoms with van der Waals surface area (Å²) in [5.74, 6) is 0.322. The number of para-hydroxylation sites is 1. The van der Waals surface area contributed by atoms with Crippen molar-refractivity contribution < 1.29 is 20.1 Å². The molecule has 0 radical (unpaired) electrons. The van der Waals surface area contributed by atoms with E-state index in [-0.39, 0.29) is 0 Å². The molecule has 0 unspecified atom stereocenters.